The molecular weight excluding hydrogens is 286 g/mol. The minimum absolute atomic E-state index is 0.123. The molecule has 0 aromatic carbocycles. The molecule has 0 radical (unpaired) electrons. The molecule has 2 aromatic rings. The number of rotatable bonds is 3. The summed E-state index contributed by atoms with van der Waals surface area (Å²) in [7, 11) is 0. The maximum Gasteiger partial charge on any atom is 0.327 e. The maximum absolute atomic E-state index is 12.2. The summed E-state index contributed by atoms with van der Waals surface area (Å²) < 4.78 is 0. The molecule has 2 aromatic heterocycles. The highest BCUT2D eigenvalue weighted by molar-refractivity contribution is 5.95. The van der Waals surface area contributed by atoms with Crippen LogP contribution in [0.4, 0.5) is 0 Å². The Labute approximate surface area is 125 Å². The number of nitrogens with zero attached hydrogens (tertiary/aromatic N) is 1. The van der Waals surface area contributed by atoms with E-state index in [4.69, 9.17) is 0 Å². The Hall–Kier alpha value is -2.48. The van der Waals surface area contributed by atoms with Crippen molar-refractivity contribution in [2.75, 3.05) is 13.1 Å². The van der Waals surface area contributed by atoms with Crippen molar-refractivity contribution in [2.24, 2.45) is 0 Å². The molecule has 1 aliphatic rings. The number of carbonyl (C=O) groups is 1. The monoisotopic (exact) mass is 303 g/mol. The molecule has 3 rings (SSSR count). The van der Waals surface area contributed by atoms with Gasteiger partial charge in [0.2, 0.25) is 0 Å². The number of fused-ring (bicyclic) bond motifs is 1. The van der Waals surface area contributed by atoms with Gasteiger partial charge < -0.3 is 10.6 Å². The van der Waals surface area contributed by atoms with E-state index in [-0.39, 0.29) is 28.7 Å². The number of pyridine rings is 1. The molecule has 1 atom stereocenters. The van der Waals surface area contributed by atoms with E-state index in [0.29, 0.717) is 12.1 Å². The van der Waals surface area contributed by atoms with Gasteiger partial charge in [-0.15, -0.1) is 0 Å². The van der Waals surface area contributed by atoms with Crippen LogP contribution in [0.2, 0.25) is 0 Å². The van der Waals surface area contributed by atoms with Gasteiger partial charge in [0, 0.05) is 12.6 Å². The van der Waals surface area contributed by atoms with E-state index in [1.165, 1.54) is 0 Å². The maximum atomic E-state index is 12.2. The summed E-state index contributed by atoms with van der Waals surface area (Å²) in [5.41, 5.74) is -0.253. The summed E-state index contributed by atoms with van der Waals surface area (Å²) in [5, 5.41) is 6.40. The first-order chi connectivity index (χ1) is 10.5. The number of amides is 1. The van der Waals surface area contributed by atoms with Crippen molar-refractivity contribution >= 4 is 16.9 Å². The Morgan fingerprint density at radius 1 is 1.41 bits per heavy atom. The number of nitrogens with one attached hydrogen (secondary N) is 4. The SMILES string of the molecule is Cc1cc(C(=O)NCC2CCCN2)nc2[nH]c(=O)[nH]c(=O)c12. The van der Waals surface area contributed by atoms with E-state index in [2.05, 4.69) is 25.6 Å². The fourth-order valence-corrected chi connectivity index (χ4v) is 2.71. The number of aromatic nitrogens is 3. The van der Waals surface area contributed by atoms with Crippen LogP contribution < -0.4 is 21.9 Å². The topological polar surface area (TPSA) is 120 Å². The summed E-state index contributed by atoms with van der Waals surface area (Å²) in [6.07, 6.45) is 2.14. The molecule has 1 saturated heterocycles. The van der Waals surface area contributed by atoms with Crippen molar-refractivity contribution in [1.82, 2.24) is 25.6 Å². The van der Waals surface area contributed by atoms with Crippen LogP contribution in [0.3, 0.4) is 0 Å². The molecule has 8 heteroatoms. The van der Waals surface area contributed by atoms with Gasteiger partial charge in [-0.3, -0.25) is 19.6 Å². The van der Waals surface area contributed by atoms with Crippen LogP contribution in [0.15, 0.2) is 15.7 Å². The smallest absolute Gasteiger partial charge is 0.327 e. The second-order valence-corrected chi connectivity index (χ2v) is 5.46. The fraction of sp³-hybridized carbons (Fsp3) is 0.429. The summed E-state index contributed by atoms with van der Waals surface area (Å²) in [6.45, 7) is 3.20. The first-order valence-corrected chi connectivity index (χ1v) is 7.20. The van der Waals surface area contributed by atoms with Crippen LogP contribution >= 0.6 is 0 Å². The number of carbonyl (C=O) groups excluding carboxylic acids is 1. The molecule has 1 aliphatic heterocycles. The van der Waals surface area contributed by atoms with Crippen LogP contribution in [-0.2, 0) is 0 Å². The predicted octanol–water partition coefficient (Wildman–Crippen LogP) is -0.598. The van der Waals surface area contributed by atoms with E-state index in [9.17, 15) is 14.4 Å². The Morgan fingerprint density at radius 3 is 2.95 bits per heavy atom. The molecule has 1 unspecified atom stereocenters. The van der Waals surface area contributed by atoms with Gasteiger partial charge in [-0.05, 0) is 37.9 Å². The fourth-order valence-electron chi connectivity index (χ4n) is 2.71. The summed E-state index contributed by atoms with van der Waals surface area (Å²) in [4.78, 5) is 44.0. The second kappa shape index (κ2) is 5.72. The quantitative estimate of drug-likeness (QED) is 0.603. The highest BCUT2D eigenvalue weighted by Gasteiger charge is 2.17. The molecule has 1 fully saturated rings. The lowest BCUT2D eigenvalue weighted by Crippen LogP contribution is -2.37. The van der Waals surface area contributed by atoms with Gasteiger partial charge in [0.1, 0.15) is 11.3 Å². The van der Waals surface area contributed by atoms with Crippen molar-refractivity contribution in [3.63, 3.8) is 0 Å². The van der Waals surface area contributed by atoms with Crippen molar-refractivity contribution in [3.8, 4) is 0 Å². The van der Waals surface area contributed by atoms with E-state index in [0.717, 1.165) is 19.4 Å². The van der Waals surface area contributed by atoms with Gasteiger partial charge in [0.05, 0.1) is 5.39 Å². The number of hydrogen-bond acceptors (Lipinski definition) is 5. The lowest BCUT2D eigenvalue weighted by atomic mass is 10.1. The average molecular weight is 303 g/mol. The van der Waals surface area contributed by atoms with Gasteiger partial charge in [0.25, 0.3) is 11.5 Å². The predicted molar refractivity (Wildman–Crippen MR) is 81.1 cm³/mol. The lowest BCUT2D eigenvalue weighted by molar-refractivity contribution is 0.0945. The molecule has 3 heterocycles. The van der Waals surface area contributed by atoms with Crippen LogP contribution in [0.5, 0.6) is 0 Å². The van der Waals surface area contributed by atoms with Crippen LogP contribution in [-0.4, -0.2) is 40.0 Å². The largest absolute Gasteiger partial charge is 0.349 e. The van der Waals surface area contributed by atoms with Gasteiger partial charge in [0.15, 0.2) is 0 Å². The minimum atomic E-state index is -0.642. The third-order valence-electron chi connectivity index (χ3n) is 3.81. The molecule has 0 saturated carbocycles. The Morgan fingerprint density at radius 2 is 2.23 bits per heavy atom. The molecule has 22 heavy (non-hydrogen) atoms. The average Bonchev–Trinajstić information content (AvgIpc) is 2.96. The van der Waals surface area contributed by atoms with E-state index < -0.39 is 11.2 Å². The summed E-state index contributed by atoms with van der Waals surface area (Å²) in [5.74, 6) is -0.320. The molecule has 0 aliphatic carbocycles. The van der Waals surface area contributed by atoms with Gasteiger partial charge in [-0.1, -0.05) is 0 Å². The summed E-state index contributed by atoms with van der Waals surface area (Å²) >= 11 is 0. The van der Waals surface area contributed by atoms with Crippen molar-refractivity contribution in [2.45, 2.75) is 25.8 Å². The molecule has 4 N–H and O–H groups in total. The second-order valence-electron chi connectivity index (χ2n) is 5.46. The first-order valence-electron chi connectivity index (χ1n) is 7.20. The number of aryl methyl sites for hydroxylation is 1. The van der Waals surface area contributed by atoms with E-state index in [1.54, 1.807) is 13.0 Å². The zero-order valence-electron chi connectivity index (χ0n) is 12.2. The van der Waals surface area contributed by atoms with Crippen molar-refractivity contribution < 1.29 is 4.79 Å². The van der Waals surface area contributed by atoms with Crippen molar-refractivity contribution in [3.05, 3.63) is 38.2 Å². The highest BCUT2D eigenvalue weighted by atomic mass is 16.2. The third-order valence-corrected chi connectivity index (χ3v) is 3.81. The minimum Gasteiger partial charge on any atom is -0.349 e. The Kier molecular flexibility index (Phi) is 3.76. The summed E-state index contributed by atoms with van der Waals surface area (Å²) in [6, 6.07) is 1.83. The van der Waals surface area contributed by atoms with Crippen LogP contribution in [0.25, 0.3) is 11.0 Å². The number of hydrogen-bond donors (Lipinski definition) is 4. The van der Waals surface area contributed by atoms with Crippen molar-refractivity contribution in [1.29, 1.82) is 0 Å². The molecule has 8 nitrogen and oxygen atoms in total. The normalized spacial score (nSPS) is 17.8. The van der Waals surface area contributed by atoms with E-state index >= 15 is 0 Å². The van der Waals surface area contributed by atoms with Gasteiger partial charge in [-0.2, -0.15) is 0 Å². The van der Waals surface area contributed by atoms with Gasteiger partial charge in [-0.25, -0.2) is 9.78 Å². The standard InChI is InChI=1S/C14H17N5O3/c1-7-5-9(12(20)16-6-8-3-2-4-15-8)17-11-10(7)13(21)19-14(22)18-11/h5,8,15H,2-4,6H2,1H3,(H,16,20)(H2,17,18,19,21,22). The zero-order valence-corrected chi connectivity index (χ0v) is 12.2. The third kappa shape index (κ3) is 2.77. The Balaban J connectivity index is 1.88. The molecular formula is C14H17N5O3. The van der Waals surface area contributed by atoms with E-state index in [1.807, 2.05) is 0 Å². The first kappa shape index (κ1) is 14.5. The molecule has 1 amide bonds. The molecule has 0 spiro atoms. The highest BCUT2D eigenvalue weighted by Crippen LogP contribution is 2.11. The zero-order chi connectivity index (χ0) is 15.7. The van der Waals surface area contributed by atoms with Crippen LogP contribution in [0.1, 0.15) is 28.9 Å². The number of aromatic amines is 2. The van der Waals surface area contributed by atoms with Crippen LogP contribution in [0, 0.1) is 6.92 Å². The molecule has 0 bridgehead atoms. The lowest BCUT2D eigenvalue weighted by Gasteiger charge is -2.11. The number of H-pyrrole nitrogens is 2. The molecule has 116 valence electrons. The Bertz CT molecular complexity index is 832. The van der Waals surface area contributed by atoms with Gasteiger partial charge >= 0.3 is 5.69 Å².